The van der Waals surface area contributed by atoms with Crippen LogP contribution in [-0.2, 0) is 11.5 Å². The Hall–Kier alpha value is -1.43. The summed E-state index contributed by atoms with van der Waals surface area (Å²) in [4.78, 5) is 4.83. The molecule has 1 heterocycles. The van der Waals surface area contributed by atoms with Gasteiger partial charge in [-0.15, -0.1) is 0 Å². The number of halogens is 1. The molecule has 5 heteroatoms. The van der Waals surface area contributed by atoms with Crippen molar-refractivity contribution in [3.8, 4) is 11.4 Å². The van der Waals surface area contributed by atoms with Gasteiger partial charge in [0.2, 0.25) is 0 Å². The smallest absolute Gasteiger partial charge is 0.144 e. The third kappa shape index (κ3) is 3.96. The van der Waals surface area contributed by atoms with Gasteiger partial charge in [0.1, 0.15) is 12.6 Å². The largest absolute Gasteiger partial charge is 0.361 e. The van der Waals surface area contributed by atoms with Gasteiger partial charge in [-0.2, -0.15) is 0 Å². The highest BCUT2D eigenvalue weighted by Crippen LogP contribution is 2.30. The Labute approximate surface area is 152 Å². The molecule has 1 aromatic heterocycles. The Bertz CT molecular complexity index is 839. The Morgan fingerprint density at radius 1 is 1.04 bits per heavy atom. The third-order valence-corrected chi connectivity index (χ3v) is 6.38. The lowest BCUT2D eigenvalue weighted by Gasteiger charge is -2.16. The first kappa shape index (κ1) is 17.4. The van der Waals surface area contributed by atoms with E-state index in [1.54, 1.807) is 0 Å². The summed E-state index contributed by atoms with van der Waals surface area (Å²) in [5, 5.41) is 0. The van der Waals surface area contributed by atoms with Crippen molar-refractivity contribution in [3.05, 3.63) is 53.0 Å². The van der Waals surface area contributed by atoms with Gasteiger partial charge in [-0.05, 0) is 24.2 Å². The van der Waals surface area contributed by atoms with Crippen LogP contribution in [0.3, 0.4) is 0 Å². The highest BCUT2D eigenvalue weighted by Gasteiger charge is 2.16. The lowest BCUT2D eigenvalue weighted by Crippen LogP contribution is -2.22. The average Bonchev–Trinajstić information content (AvgIpc) is 2.90. The van der Waals surface area contributed by atoms with Crippen molar-refractivity contribution in [3.63, 3.8) is 0 Å². The van der Waals surface area contributed by atoms with Crippen molar-refractivity contribution >= 4 is 35.0 Å². The normalized spacial score (nSPS) is 12.0. The zero-order chi connectivity index (χ0) is 17.2. The first-order valence-electron chi connectivity index (χ1n) is 8.24. The van der Waals surface area contributed by atoms with Crippen LogP contribution in [0.25, 0.3) is 22.4 Å². The Kier molecular flexibility index (Phi) is 5.23. The van der Waals surface area contributed by atoms with Crippen LogP contribution < -0.4 is 0 Å². The topological polar surface area (TPSA) is 27.1 Å². The molecule has 0 radical (unpaired) electrons. The molecule has 0 aliphatic carbocycles. The molecule has 0 saturated heterocycles. The van der Waals surface area contributed by atoms with E-state index in [1.165, 1.54) is 6.04 Å². The number of fused-ring (bicyclic) bond motifs is 1. The monoisotopic (exact) mass is 402 g/mol. The Morgan fingerprint density at radius 2 is 1.75 bits per heavy atom. The van der Waals surface area contributed by atoms with Crippen LogP contribution >= 0.6 is 15.9 Å². The minimum Gasteiger partial charge on any atom is -0.361 e. The fourth-order valence-electron chi connectivity index (χ4n) is 2.59. The number of rotatable bonds is 6. The lowest BCUT2D eigenvalue weighted by atomic mass is 10.2. The number of ether oxygens (including phenoxy) is 1. The number of hydrogen-bond donors (Lipinski definition) is 0. The SMILES string of the molecule is C[Si](C)(C)CCOCn1c(-c2ccccc2Br)nc2ccccc21. The molecule has 0 atom stereocenters. The molecule has 2 aromatic carbocycles. The van der Waals surface area contributed by atoms with Gasteiger partial charge in [0.25, 0.3) is 0 Å². The molecule has 3 rings (SSSR count). The van der Waals surface area contributed by atoms with E-state index in [0.717, 1.165) is 33.5 Å². The highest BCUT2D eigenvalue weighted by atomic mass is 79.9. The molecule has 0 unspecified atom stereocenters. The molecule has 0 saturated carbocycles. The number of aromatic nitrogens is 2. The predicted octanol–water partition coefficient (Wildman–Crippen LogP) is 5.78. The zero-order valence-electron chi connectivity index (χ0n) is 14.4. The Balaban J connectivity index is 1.93. The van der Waals surface area contributed by atoms with Crippen LogP contribution in [0.4, 0.5) is 0 Å². The fraction of sp³-hybridized carbons (Fsp3) is 0.316. The van der Waals surface area contributed by atoms with E-state index >= 15 is 0 Å². The molecule has 0 N–H and O–H groups in total. The summed E-state index contributed by atoms with van der Waals surface area (Å²) in [5.41, 5.74) is 3.19. The van der Waals surface area contributed by atoms with E-state index in [9.17, 15) is 0 Å². The van der Waals surface area contributed by atoms with Crippen molar-refractivity contribution in [1.82, 2.24) is 9.55 Å². The van der Waals surface area contributed by atoms with Gasteiger partial charge in [-0.25, -0.2) is 4.98 Å². The summed E-state index contributed by atoms with van der Waals surface area (Å²) < 4.78 is 9.22. The first-order chi connectivity index (χ1) is 11.5. The summed E-state index contributed by atoms with van der Waals surface area (Å²) in [5.74, 6) is 0.941. The molecular weight excluding hydrogens is 380 g/mol. The van der Waals surface area contributed by atoms with Crippen LogP contribution in [0.2, 0.25) is 25.7 Å². The maximum atomic E-state index is 6.01. The van der Waals surface area contributed by atoms with Crippen LogP contribution in [0.1, 0.15) is 0 Å². The van der Waals surface area contributed by atoms with Gasteiger partial charge in [-0.3, -0.25) is 4.57 Å². The molecular formula is C19H23BrN2OSi. The third-order valence-electron chi connectivity index (χ3n) is 3.99. The van der Waals surface area contributed by atoms with Crippen molar-refractivity contribution in [2.24, 2.45) is 0 Å². The van der Waals surface area contributed by atoms with Gasteiger partial charge in [0, 0.05) is 24.7 Å². The minimum atomic E-state index is -1.08. The van der Waals surface area contributed by atoms with Crippen molar-refractivity contribution < 1.29 is 4.74 Å². The first-order valence-corrected chi connectivity index (χ1v) is 12.7. The van der Waals surface area contributed by atoms with E-state index in [4.69, 9.17) is 9.72 Å². The van der Waals surface area contributed by atoms with Crippen molar-refractivity contribution in [2.75, 3.05) is 6.61 Å². The molecule has 0 aliphatic rings. The van der Waals surface area contributed by atoms with Crippen LogP contribution in [0.5, 0.6) is 0 Å². The van der Waals surface area contributed by atoms with Gasteiger partial charge in [-0.1, -0.05) is 65.9 Å². The molecule has 0 bridgehead atoms. The molecule has 3 aromatic rings. The fourth-order valence-corrected chi connectivity index (χ4v) is 3.81. The molecule has 0 aliphatic heterocycles. The van der Waals surface area contributed by atoms with E-state index < -0.39 is 8.07 Å². The van der Waals surface area contributed by atoms with Crippen molar-refractivity contribution in [1.29, 1.82) is 0 Å². The maximum absolute atomic E-state index is 6.01. The van der Waals surface area contributed by atoms with Crippen molar-refractivity contribution in [2.45, 2.75) is 32.4 Å². The average molecular weight is 403 g/mol. The predicted molar refractivity (Wildman–Crippen MR) is 107 cm³/mol. The zero-order valence-corrected chi connectivity index (χ0v) is 17.0. The van der Waals surface area contributed by atoms with Gasteiger partial charge >= 0.3 is 0 Å². The standard InChI is InChI=1S/C19H23BrN2OSi/c1-24(2,3)13-12-23-14-22-18-11-7-6-10-17(18)21-19(22)15-8-4-5-9-16(15)20/h4-11H,12-14H2,1-3H3. The molecule has 3 nitrogen and oxygen atoms in total. The quantitative estimate of drug-likeness (QED) is 0.385. The summed E-state index contributed by atoms with van der Waals surface area (Å²) in [6, 6.07) is 17.6. The second kappa shape index (κ2) is 7.21. The summed E-state index contributed by atoms with van der Waals surface area (Å²) in [6.45, 7) is 8.44. The summed E-state index contributed by atoms with van der Waals surface area (Å²) in [7, 11) is -1.08. The van der Waals surface area contributed by atoms with E-state index in [2.05, 4.69) is 52.3 Å². The van der Waals surface area contributed by atoms with Gasteiger partial charge in [0.05, 0.1) is 11.0 Å². The second-order valence-corrected chi connectivity index (χ2v) is 13.7. The van der Waals surface area contributed by atoms with Crippen LogP contribution in [-0.4, -0.2) is 24.2 Å². The number of imidazole rings is 1. The highest BCUT2D eigenvalue weighted by molar-refractivity contribution is 9.10. The van der Waals surface area contributed by atoms with Gasteiger partial charge < -0.3 is 4.74 Å². The summed E-state index contributed by atoms with van der Waals surface area (Å²) in [6.07, 6.45) is 0. The van der Waals surface area contributed by atoms with Crippen LogP contribution in [0.15, 0.2) is 53.0 Å². The van der Waals surface area contributed by atoms with Crippen LogP contribution in [0, 0.1) is 0 Å². The minimum absolute atomic E-state index is 0.529. The lowest BCUT2D eigenvalue weighted by molar-refractivity contribution is 0.0909. The molecule has 126 valence electrons. The maximum Gasteiger partial charge on any atom is 0.144 e. The van der Waals surface area contributed by atoms with Gasteiger partial charge in [0.15, 0.2) is 0 Å². The molecule has 0 fully saturated rings. The Morgan fingerprint density at radius 3 is 2.50 bits per heavy atom. The van der Waals surface area contributed by atoms with E-state index in [-0.39, 0.29) is 0 Å². The molecule has 0 spiro atoms. The summed E-state index contributed by atoms with van der Waals surface area (Å²) >= 11 is 3.64. The van der Waals surface area contributed by atoms with E-state index in [1.807, 2.05) is 36.4 Å². The van der Waals surface area contributed by atoms with E-state index in [0.29, 0.717) is 6.73 Å². The number of para-hydroxylation sites is 2. The number of hydrogen-bond acceptors (Lipinski definition) is 2. The second-order valence-electron chi connectivity index (χ2n) is 7.18. The molecule has 24 heavy (non-hydrogen) atoms. The molecule has 0 amide bonds. The number of benzene rings is 2. The number of nitrogens with zero attached hydrogens (tertiary/aromatic N) is 2.